The second-order valence-electron chi connectivity index (χ2n) is 3.96. The van der Waals surface area contributed by atoms with Gasteiger partial charge in [-0.2, -0.15) is 0 Å². The molecule has 0 aliphatic carbocycles. The Balaban J connectivity index is 2.82. The van der Waals surface area contributed by atoms with Gasteiger partial charge in [-0.25, -0.2) is 4.79 Å². The quantitative estimate of drug-likeness (QED) is 0.333. The largest absolute Gasteiger partial charge is 0.460 e. The van der Waals surface area contributed by atoms with Crippen LogP contribution in [0.4, 0.5) is 0 Å². The fourth-order valence-corrected chi connectivity index (χ4v) is 2.26. The number of hydrogen-bond donors (Lipinski definition) is 0. The molecule has 0 unspecified atom stereocenters. The molecule has 0 saturated carbocycles. The molecule has 0 N–H and O–H groups in total. The van der Waals surface area contributed by atoms with E-state index in [2.05, 4.69) is 4.74 Å². The maximum absolute atomic E-state index is 12.3. The summed E-state index contributed by atoms with van der Waals surface area (Å²) in [5.41, 5.74) is 0.437. The van der Waals surface area contributed by atoms with Gasteiger partial charge in [-0.05, 0) is 25.3 Å². The van der Waals surface area contributed by atoms with Crippen molar-refractivity contribution < 1.29 is 19.1 Å². The van der Waals surface area contributed by atoms with E-state index in [1.165, 1.54) is 17.8 Å². The van der Waals surface area contributed by atoms with Gasteiger partial charge in [0, 0.05) is 17.0 Å². The number of halogens is 1. The van der Waals surface area contributed by atoms with E-state index in [-0.39, 0.29) is 18.8 Å². The van der Waals surface area contributed by atoms with E-state index in [0.29, 0.717) is 15.5 Å². The van der Waals surface area contributed by atoms with Crippen molar-refractivity contribution in [1.82, 2.24) is 0 Å². The summed E-state index contributed by atoms with van der Waals surface area (Å²) in [6, 6.07) is 6.55. The highest BCUT2D eigenvalue weighted by Gasteiger charge is 2.16. The summed E-state index contributed by atoms with van der Waals surface area (Å²) in [5, 5.41) is 0.462. The Morgan fingerprint density at radius 2 is 2.05 bits per heavy atom. The molecule has 0 atom stereocenters. The highest BCUT2D eigenvalue weighted by Crippen LogP contribution is 2.21. The topological polar surface area (TPSA) is 60.4 Å². The Kier molecular flexibility index (Phi) is 7.19. The fourth-order valence-electron chi connectivity index (χ4n) is 1.52. The minimum absolute atomic E-state index is 0.144. The molecule has 0 bridgehead atoms. The van der Waals surface area contributed by atoms with Crippen LogP contribution in [0, 0.1) is 0 Å². The van der Waals surface area contributed by atoms with Crippen LogP contribution in [0.1, 0.15) is 23.7 Å². The van der Waals surface area contributed by atoms with Gasteiger partial charge < -0.3 is 4.74 Å². The molecule has 0 aliphatic heterocycles. The van der Waals surface area contributed by atoms with Crippen LogP contribution in [0.25, 0.3) is 0 Å². The van der Waals surface area contributed by atoms with E-state index in [1.807, 2.05) is 0 Å². The monoisotopic (exact) mass is 326 g/mol. The van der Waals surface area contributed by atoms with Crippen molar-refractivity contribution in [2.24, 2.45) is 0 Å². The van der Waals surface area contributed by atoms with E-state index in [1.54, 1.807) is 37.4 Å². The lowest BCUT2D eigenvalue weighted by Crippen LogP contribution is -2.16. The van der Waals surface area contributed by atoms with Crippen LogP contribution in [-0.2, 0) is 14.3 Å². The van der Waals surface area contributed by atoms with Gasteiger partial charge in [-0.3, -0.25) is 9.59 Å². The number of carbonyl (C=O) groups is 3. The highest BCUT2D eigenvalue weighted by atomic mass is 35.5. The van der Waals surface area contributed by atoms with Crippen LogP contribution in [0.15, 0.2) is 35.2 Å². The summed E-state index contributed by atoms with van der Waals surface area (Å²) in [7, 11) is 0. The lowest BCUT2D eigenvalue weighted by molar-refractivity contribution is -0.153. The lowest BCUT2D eigenvalue weighted by atomic mass is 10.1. The molecule has 4 nitrogen and oxygen atoms in total. The number of thioether (sulfide) groups is 1. The molecule has 6 heteroatoms. The smallest absolute Gasteiger partial charge is 0.374 e. The number of rotatable bonds is 7. The van der Waals surface area contributed by atoms with Crippen LogP contribution >= 0.6 is 23.4 Å². The minimum Gasteiger partial charge on any atom is -0.460 e. The Labute approximate surface area is 132 Å². The average molecular weight is 327 g/mol. The summed E-state index contributed by atoms with van der Waals surface area (Å²) >= 11 is 7.06. The summed E-state index contributed by atoms with van der Waals surface area (Å²) in [5.74, 6) is -1.80. The normalized spacial score (nSPS) is 11.1. The van der Waals surface area contributed by atoms with Gasteiger partial charge in [0.2, 0.25) is 5.78 Å². The van der Waals surface area contributed by atoms with Crippen molar-refractivity contribution in [2.75, 3.05) is 12.9 Å². The standard InChI is InChI=1S/C15H15ClO4S/c1-3-20-15(19)12(17)7-8-13(21-2)14(18)10-5-4-6-11(16)9-10/h4-6,8-9H,3,7H2,1-2H3. The highest BCUT2D eigenvalue weighted by molar-refractivity contribution is 8.03. The number of esters is 1. The Morgan fingerprint density at radius 1 is 1.33 bits per heavy atom. The second-order valence-corrected chi connectivity index (χ2v) is 5.24. The first kappa shape index (κ1) is 17.5. The average Bonchev–Trinajstić information content (AvgIpc) is 2.47. The van der Waals surface area contributed by atoms with E-state index >= 15 is 0 Å². The number of ketones is 2. The number of benzene rings is 1. The van der Waals surface area contributed by atoms with Crippen molar-refractivity contribution in [3.8, 4) is 0 Å². The molecule has 0 amide bonds. The molecular weight excluding hydrogens is 312 g/mol. The molecule has 112 valence electrons. The predicted octanol–water partition coefficient (Wildman–Crippen LogP) is 3.29. The van der Waals surface area contributed by atoms with E-state index in [4.69, 9.17) is 11.6 Å². The molecule has 0 heterocycles. The van der Waals surface area contributed by atoms with E-state index < -0.39 is 11.8 Å². The Morgan fingerprint density at radius 3 is 2.62 bits per heavy atom. The molecule has 0 radical (unpaired) electrons. The summed E-state index contributed by atoms with van der Waals surface area (Å²) in [6.45, 7) is 1.77. The molecule has 0 saturated heterocycles. The van der Waals surface area contributed by atoms with Crippen LogP contribution in [0.2, 0.25) is 5.02 Å². The zero-order valence-corrected chi connectivity index (χ0v) is 13.3. The zero-order chi connectivity index (χ0) is 15.8. The van der Waals surface area contributed by atoms with Gasteiger partial charge in [-0.15, -0.1) is 11.8 Å². The van der Waals surface area contributed by atoms with Gasteiger partial charge in [0.05, 0.1) is 11.5 Å². The van der Waals surface area contributed by atoms with Gasteiger partial charge in [0.15, 0.2) is 5.78 Å². The molecule has 21 heavy (non-hydrogen) atoms. The third-order valence-electron chi connectivity index (χ3n) is 2.51. The van der Waals surface area contributed by atoms with Gasteiger partial charge in [0.25, 0.3) is 0 Å². The third kappa shape index (κ3) is 5.36. The maximum Gasteiger partial charge on any atom is 0.374 e. The Hall–Kier alpha value is -1.59. The van der Waals surface area contributed by atoms with Gasteiger partial charge in [-0.1, -0.05) is 29.8 Å². The number of allylic oxidation sites excluding steroid dienone is 2. The van der Waals surface area contributed by atoms with E-state index in [9.17, 15) is 14.4 Å². The molecule has 1 aromatic rings. The number of Topliss-reactive ketones (excluding diaryl/α,β-unsaturated/α-hetero) is 2. The fraction of sp³-hybridized carbons (Fsp3) is 0.267. The molecular formula is C15H15ClO4S. The van der Waals surface area contributed by atoms with Gasteiger partial charge in [0.1, 0.15) is 0 Å². The maximum atomic E-state index is 12.3. The first-order valence-electron chi connectivity index (χ1n) is 6.24. The summed E-state index contributed by atoms with van der Waals surface area (Å²) < 4.78 is 4.60. The van der Waals surface area contributed by atoms with Crippen LogP contribution in [-0.4, -0.2) is 30.4 Å². The number of ether oxygens (including phenoxy) is 1. The Bertz CT molecular complexity index is 581. The summed E-state index contributed by atoms with van der Waals surface area (Å²) in [6.07, 6.45) is 3.00. The van der Waals surface area contributed by atoms with Crippen LogP contribution in [0.3, 0.4) is 0 Å². The predicted molar refractivity (Wildman–Crippen MR) is 83.6 cm³/mol. The summed E-state index contributed by atoms with van der Waals surface area (Å²) in [4.78, 5) is 35.4. The molecule has 0 aromatic heterocycles. The van der Waals surface area contributed by atoms with Crippen LogP contribution in [0.5, 0.6) is 0 Å². The second kappa shape index (κ2) is 8.64. The molecule has 0 fully saturated rings. The number of hydrogen-bond acceptors (Lipinski definition) is 5. The first-order chi connectivity index (χ1) is 9.99. The SMILES string of the molecule is CCOC(=O)C(=O)CC=C(SC)C(=O)c1cccc(Cl)c1. The molecule has 0 aliphatic rings. The van der Waals surface area contributed by atoms with Crippen molar-refractivity contribution in [2.45, 2.75) is 13.3 Å². The van der Waals surface area contributed by atoms with Gasteiger partial charge >= 0.3 is 5.97 Å². The number of carbonyl (C=O) groups excluding carboxylic acids is 3. The zero-order valence-electron chi connectivity index (χ0n) is 11.7. The van der Waals surface area contributed by atoms with E-state index in [0.717, 1.165) is 0 Å². The van der Waals surface area contributed by atoms with Crippen molar-refractivity contribution in [3.05, 3.63) is 45.8 Å². The lowest BCUT2D eigenvalue weighted by Gasteiger charge is -2.04. The van der Waals surface area contributed by atoms with Crippen molar-refractivity contribution in [1.29, 1.82) is 0 Å². The third-order valence-corrected chi connectivity index (χ3v) is 3.53. The molecule has 1 rings (SSSR count). The minimum atomic E-state index is -0.885. The molecule has 1 aromatic carbocycles. The first-order valence-corrected chi connectivity index (χ1v) is 7.84. The van der Waals surface area contributed by atoms with Crippen LogP contribution < -0.4 is 0 Å². The van der Waals surface area contributed by atoms with Crippen molar-refractivity contribution in [3.63, 3.8) is 0 Å². The van der Waals surface area contributed by atoms with Crippen molar-refractivity contribution >= 4 is 40.9 Å². The molecule has 0 spiro atoms.